The third-order valence-electron chi connectivity index (χ3n) is 3.90. The summed E-state index contributed by atoms with van der Waals surface area (Å²) in [5.74, 6) is 0.522. The molecule has 1 aromatic heterocycles. The van der Waals surface area contributed by atoms with Crippen LogP contribution in [-0.4, -0.2) is 44.8 Å². The first-order chi connectivity index (χ1) is 13.0. The van der Waals surface area contributed by atoms with Gasteiger partial charge in [0.25, 0.3) is 0 Å². The molecule has 1 atom stereocenters. The first-order valence-corrected chi connectivity index (χ1v) is 8.87. The summed E-state index contributed by atoms with van der Waals surface area (Å²) in [5, 5.41) is 21.3. The lowest BCUT2D eigenvalue weighted by atomic mass is 10.1. The van der Waals surface area contributed by atoms with Crippen LogP contribution >= 0.6 is 0 Å². The highest BCUT2D eigenvalue weighted by atomic mass is 16.2. The zero-order chi connectivity index (χ0) is 19.6. The van der Waals surface area contributed by atoms with Gasteiger partial charge in [0.2, 0.25) is 17.6 Å². The van der Waals surface area contributed by atoms with Crippen LogP contribution < -0.4 is 16.4 Å². The number of aromatic nitrogens is 4. The predicted octanol–water partition coefficient (Wildman–Crippen LogP) is 0.492. The van der Waals surface area contributed by atoms with Gasteiger partial charge in [-0.3, -0.25) is 9.59 Å². The van der Waals surface area contributed by atoms with Crippen LogP contribution in [0.25, 0.3) is 11.4 Å². The van der Waals surface area contributed by atoms with Crippen LogP contribution in [0.5, 0.6) is 0 Å². The molecule has 2 rings (SSSR count). The van der Waals surface area contributed by atoms with Gasteiger partial charge in [-0.25, -0.2) is 0 Å². The maximum absolute atomic E-state index is 12.4. The molecule has 0 radical (unpaired) electrons. The number of benzene rings is 1. The number of rotatable bonds is 9. The first kappa shape index (κ1) is 20.4. The van der Waals surface area contributed by atoms with E-state index >= 15 is 0 Å². The third kappa shape index (κ3) is 6.70. The lowest BCUT2D eigenvalue weighted by Crippen LogP contribution is -2.45. The molecule has 0 aliphatic carbocycles. The average molecular weight is 371 g/mol. The fraction of sp³-hybridized carbons (Fsp3) is 0.444. The summed E-state index contributed by atoms with van der Waals surface area (Å²) in [4.78, 5) is 23.7. The molecule has 0 aliphatic rings. The van der Waals surface area contributed by atoms with Crippen molar-refractivity contribution in [2.24, 2.45) is 5.73 Å². The van der Waals surface area contributed by atoms with Crippen LogP contribution in [0.3, 0.4) is 0 Å². The summed E-state index contributed by atoms with van der Waals surface area (Å²) in [6.45, 7) is 4.05. The number of amides is 2. The minimum atomic E-state index is -0.550. The molecule has 4 N–H and O–H groups in total. The molecule has 0 fully saturated rings. The van der Waals surface area contributed by atoms with Gasteiger partial charge in [0.1, 0.15) is 6.04 Å². The smallest absolute Gasteiger partial charge is 0.242 e. The van der Waals surface area contributed by atoms with Gasteiger partial charge in [-0.05, 0) is 38.3 Å². The number of hydrogen-bond acceptors (Lipinski definition) is 7. The SMILES string of the molecule is CC(=O)N[C@@H](CCCCN)C(=O)NCc1ccc(-c2nnc(C)nn2)cc1. The van der Waals surface area contributed by atoms with Crippen LogP contribution in [0, 0.1) is 6.92 Å². The number of carbonyl (C=O) groups is 2. The largest absolute Gasteiger partial charge is 0.350 e. The van der Waals surface area contributed by atoms with Gasteiger partial charge in [0.15, 0.2) is 5.82 Å². The molecule has 0 bridgehead atoms. The van der Waals surface area contributed by atoms with E-state index in [1.165, 1.54) is 6.92 Å². The molecule has 1 aromatic carbocycles. The van der Waals surface area contributed by atoms with Crippen molar-refractivity contribution in [3.8, 4) is 11.4 Å². The third-order valence-corrected chi connectivity index (χ3v) is 3.90. The molecular formula is C18H25N7O2. The molecule has 27 heavy (non-hydrogen) atoms. The normalized spacial score (nSPS) is 11.7. The highest BCUT2D eigenvalue weighted by Crippen LogP contribution is 2.14. The Morgan fingerprint density at radius 3 is 2.33 bits per heavy atom. The number of nitrogens with two attached hydrogens (primary N) is 1. The second kappa shape index (κ2) is 10.3. The van der Waals surface area contributed by atoms with E-state index in [1.54, 1.807) is 6.92 Å². The van der Waals surface area contributed by atoms with Crippen molar-refractivity contribution in [2.45, 2.75) is 45.7 Å². The Balaban J connectivity index is 1.92. The lowest BCUT2D eigenvalue weighted by Gasteiger charge is -2.17. The minimum Gasteiger partial charge on any atom is -0.350 e. The van der Waals surface area contributed by atoms with Gasteiger partial charge >= 0.3 is 0 Å². The van der Waals surface area contributed by atoms with Gasteiger partial charge in [-0.1, -0.05) is 24.3 Å². The van der Waals surface area contributed by atoms with Crippen molar-refractivity contribution < 1.29 is 9.59 Å². The molecule has 0 aliphatic heterocycles. The van der Waals surface area contributed by atoms with E-state index in [0.717, 1.165) is 24.0 Å². The number of nitrogens with zero attached hydrogens (tertiary/aromatic N) is 4. The lowest BCUT2D eigenvalue weighted by molar-refractivity contribution is -0.128. The fourth-order valence-electron chi connectivity index (χ4n) is 2.49. The number of hydrogen-bond donors (Lipinski definition) is 3. The molecular weight excluding hydrogens is 346 g/mol. The van der Waals surface area contributed by atoms with Gasteiger partial charge < -0.3 is 16.4 Å². The molecule has 1 heterocycles. The van der Waals surface area contributed by atoms with Gasteiger partial charge in [0, 0.05) is 19.0 Å². The molecule has 2 aromatic rings. The van der Waals surface area contributed by atoms with Crippen LogP contribution in [0.15, 0.2) is 24.3 Å². The Morgan fingerprint density at radius 1 is 1.07 bits per heavy atom. The molecule has 2 amide bonds. The van der Waals surface area contributed by atoms with Crippen LogP contribution in [0.1, 0.15) is 37.6 Å². The van der Waals surface area contributed by atoms with Crippen LogP contribution in [0.2, 0.25) is 0 Å². The van der Waals surface area contributed by atoms with E-state index in [4.69, 9.17) is 5.73 Å². The van der Waals surface area contributed by atoms with E-state index in [2.05, 4.69) is 31.0 Å². The van der Waals surface area contributed by atoms with Gasteiger partial charge in [-0.15, -0.1) is 20.4 Å². The molecule has 9 nitrogen and oxygen atoms in total. The monoisotopic (exact) mass is 371 g/mol. The van der Waals surface area contributed by atoms with Crippen molar-refractivity contribution >= 4 is 11.8 Å². The van der Waals surface area contributed by atoms with Crippen LogP contribution in [0.4, 0.5) is 0 Å². The van der Waals surface area contributed by atoms with Gasteiger partial charge in [0.05, 0.1) is 0 Å². The summed E-state index contributed by atoms with van der Waals surface area (Å²) >= 11 is 0. The minimum absolute atomic E-state index is 0.207. The molecule has 0 saturated heterocycles. The van der Waals surface area contributed by atoms with Crippen LogP contribution in [-0.2, 0) is 16.1 Å². The Kier molecular flexibility index (Phi) is 7.75. The van der Waals surface area contributed by atoms with Gasteiger partial charge in [-0.2, -0.15) is 0 Å². The molecule has 0 spiro atoms. The van der Waals surface area contributed by atoms with Crippen molar-refractivity contribution in [3.63, 3.8) is 0 Å². The maximum atomic E-state index is 12.4. The van der Waals surface area contributed by atoms with E-state index in [0.29, 0.717) is 31.2 Å². The maximum Gasteiger partial charge on any atom is 0.242 e. The van der Waals surface area contributed by atoms with Crippen molar-refractivity contribution in [2.75, 3.05) is 6.54 Å². The summed E-state index contributed by atoms with van der Waals surface area (Å²) in [6, 6.07) is 6.90. The molecule has 9 heteroatoms. The fourth-order valence-corrected chi connectivity index (χ4v) is 2.49. The number of unbranched alkanes of at least 4 members (excludes halogenated alkanes) is 1. The molecule has 144 valence electrons. The Hall–Kier alpha value is -2.94. The molecule has 0 unspecified atom stereocenters. The topological polar surface area (TPSA) is 136 Å². The number of carbonyl (C=O) groups excluding carboxylic acids is 2. The Morgan fingerprint density at radius 2 is 1.74 bits per heavy atom. The highest BCUT2D eigenvalue weighted by molar-refractivity contribution is 5.86. The van der Waals surface area contributed by atoms with E-state index < -0.39 is 6.04 Å². The summed E-state index contributed by atoms with van der Waals surface area (Å²) < 4.78 is 0. The predicted molar refractivity (Wildman–Crippen MR) is 100 cm³/mol. The van der Waals surface area contributed by atoms with Crippen molar-refractivity contribution in [1.82, 2.24) is 31.0 Å². The van der Waals surface area contributed by atoms with Crippen molar-refractivity contribution in [3.05, 3.63) is 35.7 Å². The number of nitrogens with one attached hydrogen (secondary N) is 2. The average Bonchev–Trinajstić information content (AvgIpc) is 2.66. The summed E-state index contributed by atoms with van der Waals surface area (Å²) in [5.41, 5.74) is 7.20. The Labute approximate surface area is 158 Å². The zero-order valence-corrected chi connectivity index (χ0v) is 15.6. The standard InChI is InChI=1S/C18H25N7O2/c1-12-22-24-17(25-23-12)15-8-6-14(7-9-15)11-20-18(27)16(21-13(2)26)5-3-4-10-19/h6-9,16H,3-5,10-11,19H2,1-2H3,(H,20,27)(H,21,26)/t16-/m0/s1. The highest BCUT2D eigenvalue weighted by Gasteiger charge is 2.18. The number of aryl methyl sites for hydroxylation is 1. The quantitative estimate of drug-likeness (QED) is 0.546. The van der Waals surface area contributed by atoms with E-state index in [9.17, 15) is 9.59 Å². The molecule has 0 saturated carbocycles. The second-order valence-corrected chi connectivity index (χ2v) is 6.22. The first-order valence-electron chi connectivity index (χ1n) is 8.87. The van der Waals surface area contributed by atoms with Crippen molar-refractivity contribution in [1.29, 1.82) is 0 Å². The van der Waals surface area contributed by atoms with E-state index in [-0.39, 0.29) is 11.8 Å². The summed E-state index contributed by atoms with van der Waals surface area (Å²) in [7, 11) is 0. The van der Waals surface area contributed by atoms with E-state index in [1.807, 2.05) is 24.3 Å². The zero-order valence-electron chi connectivity index (χ0n) is 15.6. The summed E-state index contributed by atoms with van der Waals surface area (Å²) in [6.07, 6.45) is 2.16. The second-order valence-electron chi connectivity index (χ2n) is 6.22. The Bertz CT molecular complexity index is 747.